The van der Waals surface area contributed by atoms with E-state index >= 15 is 0 Å². The van der Waals surface area contributed by atoms with Gasteiger partial charge in [-0.2, -0.15) is 0 Å². The summed E-state index contributed by atoms with van der Waals surface area (Å²) < 4.78 is 13.4. The maximum Gasteiger partial charge on any atom is 0.317 e. The minimum absolute atomic E-state index is 0.0533. The highest BCUT2D eigenvalue weighted by Gasteiger charge is 2.64. The molecule has 2 spiro atoms. The quantitative estimate of drug-likeness (QED) is 0.758. The Bertz CT molecular complexity index is 852. The summed E-state index contributed by atoms with van der Waals surface area (Å²) in [7, 11) is 0. The molecule has 3 saturated heterocycles. The van der Waals surface area contributed by atoms with Crippen molar-refractivity contribution in [2.75, 3.05) is 45.8 Å². The first-order valence-electron chi connectivity index (χ1n) is 12.1. The molecule has 1 aromatic rings. The van der Waals surface area contributed by atoms with Crippen LogP contribution in [0, 0.1) is 22.6 Å². The van der Waals surface area contributed by atoms with Gasteiger partial charge in [0.2, 0.25) is 5.91 Å². The standard InChI is InChI=1S/C25H37FN4O2/c1-4-29-13-10-25(22(29)31)18-28(16-19(2)3)17-24(25)8-11-30(12-9-24)23(32)27-15-20-6-5-7-21(26)14-20/h5-7,14,19H,4,8-13,15-18H2,1-3H3,(H,27,32)/t25-/m1/s1. The van der Waals surface area contributed by atoms with E-state index in [4.69, 9.17) is 0 Å². The smallest absolute Gasteiger partial charge is 0.317 e. The zero-order valence-electron chi connectivity index (χ0n) is 19.7. The molecule has 32 heavy (non-hydrogen) atoms. The molecule has 0 aromatic heterocycles. The van der Waals surface area contributed by atoms with Gasteiger partial charge >= 0.3 is 6.03 Å². The topological polar surface area (TPSA) is 55.9 Å². The number of benzene rings is 1. The number of carbonyl (C=O) groups excluding carboxylic acids is 2. The lowest BCUT2D eigenvalue weighted by molar-refractivity contribution is -0.141. The van der Waals surface area contributed by atoms with Gasteiger partial charge in [0.25, 0.3) is 0 Å². The van der Waals surface area contributed by atoms with Gasteiger partial charge in [-0.25, -0.2) is 9.18 Å². The maximum atomic E-state index is 13.5. The fourth-order valence-electron chi connectivity index (χ4n) is 6.32. The van der Waals surface area contributed by atoms with Crippen molar-refractivity contribution >= 4 is 11.9 Å². The Morgan fingerprint density at radius 2 is 1.91 bits per heavy atom. The van der Waals surface area contributed by atoms with Crippen LogP contribution in [0.5, 0.6) is 0 Å². The lowest BCUT2D eigenvalue weighted by Crippen LogP contribution is -2.54. The number of carbonyl (C=O) groups is 2. The molecule has 0 radical (unpaired) electrons. The lowest BCUT2D eigenvalue weighted by Gasteiger charge is -2.47. The second kappa shape index (κ2) is 9.00. The van der Waals surface area contributed by atoms with Crippen LogP contribution in [-0.4, -0.2) is 72.5 Å². The highest BCUT2D eigenvalue weighted by Crippen LogP contribution is 2.57. The number of halogens is 1. The van der Waals surface area contributed by atoms with Gasteiger partial charge in [0.15, 0.2) is 0 Å². The van der Waals surface area contributed by atoms with Crippen LogP contribution >= 0.6 is 0 Å². The number of fused-ring (bicyclic) bond motifs is 1. The molecule has 3 heterocycles. The predicted molar refractivity (Wildman–Crippen MR) is 122 cm³/mol. The molecule has 176 valence electrons. The van der Waals surface area contributed by atoms with Crippen LogP contribution in [-0.2, 0) is 11.3 Å². The van der Waals surface area contributed by atoms with Gasteiger partial charge in [0.05, 0.1) is 5.41 Å². The van der Waals surface area contributed by atoms with Crippen LogP contribution < -0.4 is 5.32 Å². The van der Waals surface area contributed by atoms with Crippen LogP contribution in [0.3, 0.4) is 0 Å². The molecule has 6 nitrogen and oxygen atoms in total. The van der Waals surface area contributed by atoms with Gasteiger partial charge in [-0.1, -0.05) is 26.0 Å². The molecular formula is C25H37FN4O2. The summed E-state index contributed by atoms with van der Waals surface area (Å²) in [6.45, 7) is 12.6. The molecule has 1 aromatic carbocycles. The van der Waals surface area contributed by atoms with Crippen LogP contribution in [0.1, 0.15) is 45.6 Å². The third kappa shape index (κ3) is 4.12. The van der Waals surface area contributed by atoms with E-state index in [1.54, 1.807) is 6.07 Å². The zero-order chi connectivity index (χ0) is 22.9. The van der Waals surface area contributed by atoms with Crippen molar-refractivity contribution in [3.63, 3.8) is 0 Å². The molecule has 0 unspecified atom stereocenters. The third-order valence-corrected chi connectivity index (χ3v) is 7.89. The van der Waals surface area contributed by atoms with Gasteiger partial charge in [-0.15, -0.1) is 0 Å². The average Bonchev–Trinajstić information content (AvgIpc) is 3.23. The SMILES string of the molecule is CCN1CC[C@@]2(CN(CC(C)C)CC23CCN(C(=O)NCc2cccc(F)c2)CC3)C1=O. The molecular weight excluding hydrogens is 407 g/mol. The van der Waals surface area contributed by atoms with E-state index < -0.39 is 0 Å². The van der Waals surface area contributed by atoms with Crippen molar-refractivity contribution in [3.05, 3.63) is 35.6 Å². The Morgan fingerprint density at radius 1 is 1.16 bits per heavy atom. The molecule has 1 N–H and O–H groups in total. The summed E-state index contributed by atoms with van der Waals surface area (Å²) in [5.41, 5.74) is 0.395. The molecule has 0 aliphatic carbocycles. The first kappa shape index (κ1) is 23.0. The molecule has 7 heteroatoms. The number of piperidine rings is 1. The van der Waals surface area contributed by atoms with E-state index in [1.165, 1.54) is 12.1 Å². The van der Waals surface area contributed by atoms with Crippen molar-refractivity contribution in [3.8, 4) is 0 Å². The van der Waals surface area contributed by atoms with Gasteiger partial charge < -0.3 is 20.0 Å². The first-order chi connectivity index (χ1) is 15.3. The van der Waals surface area contributed by atoms with E-state index in [-0.39, 0.29) is 22.7 Å². The fourth-order valence-corrected chi connectivity index (χ4v) is 6.32. The van der Waals surface area contributed by atoms with Gasteiger partial charge in [0, 0.05) is 57.8 Å². The maximum absolute atomic E-state index is 13.5. The van der Waals surface area contributed by atoms with Crippen molar-refractivity contribution < 1.29 is 14.0 Å². The largest absolute Gasteiger partial charge is 0.342 e. The number of nitrogens with zero attached hydrogens (tertiary/aromatic N) is 3. The highest BCUT2D eigenvalue weighted by molar-refractivity contribution is 5.87. The molecule has 4 rings (SSSR count). The van der Waals surface area contributed by atoms with Crippen molar-refractivity contribution in [1.29, 1.82) is 0 Å². The number of amides is 3. The van der Waals surface area contributed by atoms with Crippen LogP contribution in [0.15, 0.2) is 24.3 Å². The number of rotatable bonds is 5. The van der Waals surface area contributed by atoms with Crippen molar-refractivity contribution in [2.45, 2.75) is 46.6 Å². The summed E-state index contributed by atoms with van der Waals surface area (Å²) in [5, 5.41) is 2.93. The van der Waals surface area contributed by atoms with E-state index in [2.05, 4.69) is 31.0 Å². The second-order valence-electron chi connectivity index (χ2n) is 10.3. The molecule has 3 amide bonds. The summed E-state index contributed by atoms with van der Waals surface area (Å²) in [5.74, 6) is 0.599. The van der Waals surface area contributed by atoms with Crippen LogP contribution in [0.4, 0.5) is 9.18 Å². The Labute approximate surface area is 191 Å². The van der Waals surface area contributed by atoms with Crippen molar-refractivity contribution in [2.24, 2.45) is 16.7 Å². The Hall–Kier alpha value is -2.15. The third-order valence-electron chi connectivity index (χ3n) is 7.89. The first-order valence-corrected chi connectivity index (χ1v) is 12.1. The van der Waals surface area contributed by atoms with Gasteiger partial charge in [0.1, 0.15) is 5.82 Å². The lowest BCUT2D eigenvalue weighted by atomic mass is 9.60. The summed E-state index contributed by atoms with van der Waals surface area (Å²) in [6.07, 6.45) is 2.65. The minimum atomic E-state index is -0.304. The minimum Gasteiger partial charge on any atom is -0.342 e. The number of urea groups is 1. The van der Waals surface area contributed by atoms with E-state index in [9.17, 15) is 14.0 Å². The van der Waals surface area contributed by atoms with Crippen LogP contribution in [0.25, 0.3) is 0 Å². The van der Waals surface area contributed by atoms with E-state index in [1.807, 2.05) is 15.9 Å². The summed E-state index contributed by atoms with van der Waals surface area (Å²) in [6, 6.07) is 6.21. The summed E-state index contributed by atoms with van der Waals surface area (Å²) >= 11 is 0. The molecule has 0 bridgehead atoms. The van der Waals surface area contributed by atoms with E-state index in [0.29, 0.717) is 31.5 Å². The van der Waals surface area contributed by atoms with Gasteiger partial charge in [-0.3, -0.25) is 4.79 Å². The predicted octanol–water partition coefficient (Wildman–Crippen LogP) is 3.33. The Balaban J connectivity index is 1.43. The van der Waals surface area contributed by atoms with Crippen molar-refractivity contribution in [1.82, 2.24) is 20.0 Å². The molecule has 3 aliphatic heterocycles. The normalized spacial score (nSPS) is 25.5. The average molecular weight is 445 g/mol. The number of hydrogen-bond acceptors (Lipinski definition) is 3. The molecule has 0 saturated carbocycles. The molecule has 3 fully saturated rings. The van der Waals surface area contributed by atoms with E-state index in [0.717, 1.165) is 57.5 Å². The number of nitrogens with one attached hydrogen (secondary N) is 1. The molecule has 3 aliphatic rings. The second-order valence-corrected chi connectivity index (χ2v) is 10.3. The summed E-state index contributed by atoms with van der Waals surface area (Å²) in [4.78, 5) is 32.7. The number of hydrogen-bond donors (Lipinski definition) is 1. The highest BCUT2D eigenvalue weighted by atomic mass is 19.1. The van der Waals surface area contributed by atoms with Crippen LogP contribution in [0.2, 0.25) is 0 Å². The fraction of sp³-hybridized carbons (Fsp3) is 0.680. The zero-order valence-corrected chi connectivity index (χ0v) is 19.7. The monoisotopic (exact) mass is 444 g/mol. The Morgan fingerprint density at radius 3 is 2.53 bits per heavy atom. The molecule has 1 atom stereocenters. The number of likely N-dealkylation sites (tertiary alicyclic amines) is 3. The Kier molecular flexibility index (Phi) is 6.48. The van der Waals surface area contributed by atoms with Gasteiger partial charge in [-0.05, 0) is 49.8 Å².